The van der Waals surface area contributed by atoms with Crippen molar-refractivity contribution in [3.05, 3.63) is 66.5 Å². The number of rotatable bonds is 9. The molecule has 7 heteroatoms. The molecular weight excluding hydrogens is 477 g/mol. The molecule has 0 radical (unpaired) electrons. The van der Waals surface area contributed by atoms with Crippen molar-refractivity contribution >= 4 is 21.4 Å². The van der Waals surface area contributed by atoms with E-state index in [9.17, 15) is 9.50 Å². The molecule has 3 atom stereocenters. The Morgan fingerprint density at radius 1 is 1.19 bits per heavy atom. The predicted molar refractivity (Wildman–Crippen MR) is 143 cm³/mol. The Labute approximate surface area is 215 Å². The molecule has 190 valence electrons. The van der Waals surface area contributed by atoms with Gasteiger partial charge in [-0.25, -0.2) is 0 Å². The highest BCUT2D eigenvalue weighted by molar-refractivity contribution is 7.22. The SMILES string of the molecule is COc1ccc(-c2sc3cc(O)ccc3c2OC2C=CC(OC[C@H](C)N3CC[C@@H](CF)C3)=CC2)cc1. The number of ether oxygens (including phenoxy) is 3. The van der Waals surface area contributed by atoms with Crippen LogP contribution in [0.25, 0.3) is 20.5 Å². The number of alkyl halides is 1. The molecule has 0 amide bonds. The van der Waals surface area contributed by atoms with Crippen LogP contribution in [0.5, 0.6) is 17.2 Å². The first kappa shape index (κ1) is 24.7. The molecule has 1 saturated heterocycles. The van der Waals surface area contributed by atoms with Gasteiger partial charge in [-0.2, -0.15) is 0 Å². The minimum atomic E-state index is -0.236. The lowest BCUT2D eigenvalue weighted by Crippen LogP contribution is -2.34. The molecule has 1 aliphatic carbocycles. The van der Waals surface area contributed by atoms with E-state index in [2.05, 4.69) is 17.9 Å². The zero-order valence-corrected chi connectivity index (χ0v) is 21.5. The highest BCUT2D eigenvalue weighted by atomic mass is 32.1. The average molecular weight is 510 g/mol. The van der Waals surface area contributed by atoms with Crippen LogP contribution in [0.2, 0.25) is 0 Å². The number of methoxy groups -OCH3 is 1. The third-order valence-electron chi connectivity index (χ3n) is 6.93. The summed E-state index contributed by atoms with van der Waals surface area (Å²) >= 11 is 1.60. The van der Waals surface area contributed by atoms with Gasteiger partial charge >= 0.3 is 0 Å². The van der Waals surface area contributed by atoms with E-state index in [4.69, 9.17) is 14.2 Å². The number of thiophene rings is 1. The summed E-state index contributed by atoms with van der Waals surface area (Å²) in [7, 11) is 1.65. The van der Waals surface area contributed by atoms with E-state index in [0.717, 1.165) is 57.3 Å². The van der Waals surface area contributed by atoms with Crippen LogP contribution in [0.4, 0.5) is 4.39 Å². The quantitative estimate of drug-likeness (QED) is 0.354. The molecule has 2 heterocycles. The van der Waals surface area contributed by atoms with E-state index >= 15 is 0 Å². The minimum absolute atomic E-state index is 0.123. The lowest BCUT2D eigenvalue weighted by Gasteiger charge is -2.25. The van der Waals surface area contributed by atoms with Crippen LogP contribution >= 0.6 is 11.3 Å². The second kappa shape index (κ2) is 10.9. The lowest BCUT2D eigenvalue weighted by molar-refractivity contribution is 0.123. The predicted octanol–water partition coefficient (Wildman–Crippen LogP) is 6.57. The fourth-order valence-electron chi connectivity index (χ4n) is 4.75. The second-order valence-corrected chi connectivity index (χ2v) is 10.5. The van der Waals surface area contributed by atoms with Gasteiger partial charge in [0, 0.05) is 35.0 Å². The summed E-state index contributed by atoms with van der Waals surface area (Å²) in [5.41, 5.74) is 1.04. The first-order chi connectivity index (χ1) is 17.5. The molecule has 36 heavy (non-hydrogen) atoms. The number of phenolic OH excluding ortho intramolecular Hbond substituents is 1. The molecule has 1 aliphatic heterocycles. The van der Waals surface area contributed by atoms with Crippen molar-refractivity contribution < 1.29 is 23.7 Å². The van der Waals surface area contributed by atoms with Crippen molar-refractivity contribution in [2.75, 3.05) is 33.5 Å². The average Bonchev–Trinajstić information content (AvgIpc) is 3.53. The van der Waals surface area contributed by atoms with Crippen LogP contribution in [-0.4, -0.2) is 55.6 Å². The summed E-state index contributed by atoms with van der Waals surface area (Å²) in [4.78, 5) is 3.33. The molecule has 5 nitrogen and oxygen atoms in total. The number of hydrogen-bond donors (Lipinski definition) is 1. The van der Waals surface area contributed by atoms with E-state index < -0.39 is 0 Å². The van der Waals surface area contributed by atoms with E-state index in [-0.39, 0.29) is 30.5 Å². The number of benzene rings is 2. The Hall–Kier alpha value is -3.03. The van der Waals surface area contributed by atoms with Gasteiger partial charge in [0.2, 0.25) is 0 Å². The number of halogens is 1. The van der Waals surface area contributed by atoms with Crippen LogP contribution in [0.3, 0.4) is 0 Å². The summed E-state index contributed by atoms with van der Waals surface area (Å²) in [5, 5.41) is 11.0. The maximum atomic E-state index is 12.9. The topological polar surface area (TPSA) is 51.2 Å². The van der Waals surface area contributed by atoms with Gasteiger partial charge in [0.05, 0.1) is 18.7 Å². The summed E-state index contributed by atoms with van der Waals surface area (Å²) in [6.07, 6.45) is 7.59. The van der Waals surface area contributed by atoms with Gasteiger partial charge in [-0.3, -0.25) is 9.29 Å². The fourth-order valence-corrected chi connectivity index (χ4v) is 5.92. The summed E-state index contributed by atoms with van der Waals surface area (Å²) in [5.74, 6) is 2.87. The first-order valence-corrected chi connectivity index (χ1v) is 13.2. The highest BCUT2D eigenvalue weighted by Crippen LogP contribution is 2.46. The number of fused-ring (bicyclic) bond motifs is 1. The second-order valence-electron chi connectivity index (χ2n) is 9.49. The summed E-state index contributed by atoms with van der Waals surface area (Å²) in [6.45, 7) is 4.24. The van der Waals surface area contributed by atoms with Crippen LogP contribution in [0.15, 0.2) is 66.5 Å². The van der Waals surface area contributed by atoms with Gasteiger partial charge in [0.1, 0.15) is 35.7 Å². The van der Waals surface area contributed by atoms with E-state index in [1.807, 2.05) is 42.5 Å². The Kier molecular flexibility index (Phi) is 7.48. The first-order valence-electron chi connectivity index (χ1n) is 12.4. The maximum Gasteiger partial charge on any atom is 0.146 e. The van der Waals surface area contributed by atoms with Crippen LogP contribution in [-0.2, 0) is 4.74 Å². The van der Waals surface area contributed by atoms with Gasteiger partial charge in [0.25, 0.3) is 0 Å². The molecule has 5 rings (SSSR count). The number of hydrogen-bond acceptors (Lipinski definition) is 6. The largest absolute Gasteiger partial charge is 0.508 e. The standard InChI is InChI=1S/C29H32FNO4S/c1-19(31-14-13-20(16-30)17-31)18-34-24-8-10-25(11-9-24)35-28-26-12-5-22(32)15-27(26)36-29(28)21-3-6-23(33-2)7-4-21/h3-10,12,15,19-20,25,32H,11,13-14,16-18H2,1-2H3/t19-,20-,25?/m0/s1. The van der Waals surface area contributed by atoms with E-state index in [0.29, 0.717) is 13.0 Å². The highest BCUT2D eigenvalue weighted by Gasteiger charge is 2.26. The number of allylic oxidation sites excluding steroid dienone is 1. The van der Waals surface area contributed by atoms with Gasteiger partial charge in [0.15, 0.2) is 0 Å². The molecule has 1 fully saturated rings. The van der Waals surface area contributed by atoms with Gasteiger partial charge in [-0.1, -0.05) is 0 Å². The molecule has 0 saturated carbocycles. The van der Waals surface area contributed by atoms with Crippen molar-refractivity contribution in [2.24, 2.45) is 5.92 Å². The third kappa shape index (κ3) is 5.37. The minimum Gasteiger partial charge on any atom is -0.508 e. The number of nitrogens with zero attached hydrogens (tertiary/aromatic N) is 1. The van der Waals surface area contributed by atoms with Crippen LogP contribution < -0.4 is 9.47 Å². The zero-order chi connectivity index (χ0) is 25.1. The Balaban J connectivity index is 1.26. The molecule has 2 aromatic carbocycles. The molecule has 1 N–H and O–H groups in total. The number of likely N-dealkylation sites (tertiary alicyclic amines) is 1. The lowest BCUT2D eigenvalue weighted by atomic mass is 10.1. The third-order valence-corrected chi connectivity index (χ3v) is 8.11. The zero-order valence-electron chi connectivity index (χ0n) is 20.7. The van der Waals surface area contributed by atoms with Crippen molar-refractivity contribution in [3.8, 4) is 27.7 Å². The maximum absolute atomic E-state index is 12.9. The number of phenols is 1. The van der Waals surface area contributed by atoms with Crippen LogP contribution in [0, 0.1) is 5.92 Å². The van der Waals surface area contributed by atoms with Crippen molar-refractivity contribution in [2.45, 2.75) is 31.9 Å². The molecule has 3 aromatic rings. The van der Waals surface area contributed by atoms with E-state index in [1.54, 1.807) is 30.6 Å². The molecule has 0 spiro atoms. The normalized spacial score (nSPS) is 20.9. The van der Waals surface area contributed by atoms with Gasteiger partial charge in [-0.05, 0) is 86.1 Å². The Morgan fingerprint density at radius 3 is 2.72 bits per heavy atom. The molecule has 2 aliphatic rings. The Morgan fingerprint density at radius 2 is 2.03 bits per heavy atom. The Bertz CT molecular complexity index is 1250. The smallest absolute Gasteiger partial charge is 0.146 e. The van der Waals surface area contributed by atoms with Crippen molar-refractivity contribution in [3.63, 3.8) is 0 Å². The fraction of sp³-hybridized carbons (Fsp3) is 0.379. The summed E-state index contributed by atoms with van der Waals surface area (Å²) in [6, 6.07) is 13.6. The van der Waals surface area contributed by atoms with Crippen molar-refractivity contribution in [1.82, 2.24) is 4.90 Å². The van der Waals surface area contributed by atoms with Gasteiger partial charge < -0.3 is 19.3 Å². The van der Waals surface area contributed by atoms with Crippen molar-refractivity contribution in [1.29, 1.82) is 0 Å². The van der Waals surface area contributed by atoms with Gasteiger partial charge in [-0.15, -0.1) is 11.3 Å². The monoisotopic (exact) mass is 509 g/mol. The molecule has 1 unspecified atom stereocenters. The molecule has 0 bridgehead atoms. The van der Waals surface area contributed by atoms with Crippen LogP contribution in [0.1, 0.15) is 19.8 Å². The summed E-state index contributed by atoms with van der Waals surface area (Å²) < 4.78 is 31.8. The molecule has 1 aromatic heterocycles. The number of aromatic hydroxyl groups is 1. The molecular formula is C29H32FNO4S. The van der Waals surface area contributed by atoms with E-state index in [1.165, 1.54) is 0 Å².